The Morgan fingerprint density at radius 2 is 2.00 bits per heavy atom. The van der Waals surface area contributed by atoms with Gasteiger partial charge in [-0.2, -0.15) is 0 Å². The highest BCUT2D eigenvalue weighted by molar-refractivity contribution is 9.11. The molecule has 0 saturated carbocycles. The number of carboxylic acid groups (broad SMARTS) is 1. The highest BCUT2D eigenvalue weighted by atomic mass is 79.9. The van der Waals surface area contributed by atoms with Gasteiger partial charge < -0.3 is 10.0 Å². The minimum absolute atomic E-state index is 0.0359. The Bertz CT molecular complexity index is 476. The summed E-state index contributed by atoms with van der Waals surface area (Å²) in [7, 11) is 0. The standard InChI is InChI=1S/C12H15BrN2O3S/c1-8-6-9(19-11(8)13)12(18)15-4-2-14(3-5-15)7-10(16)17/h6H,2-5,7H2,1H3,(H,16,17). The second-order valence-corrected chi connectivity index (χ2v) is 6.90. The fraction of sp³-hybridized carbons (Fsp3) is 0.500. The van der Waals surface area contributed by atoms with E-state index in [0.717, 1.165) is 14.2 Å². The van der Waals surface area contributed by atoms with Crippen molar-refractivity contribution < 1.29 is 14.7 Å². The minimum Gasteiger partial charge on any atom is -0.480 e. The van der Waals surface area contributed by atoms with Crippen LogP contribution < -0.4 is 0 Å². The summed E-state index contributed by atoms with van der Waals surface area (Å²) in [6.45, 7) is 4.41. The van der Waals surface area contributed by atoms with Crippen LogP contribution in [0.15, 0.2) is 9.85 Å². The number of carbonyl (C=O) groups is 2. The smallest absolute Gasteiger partial charge is 0.317 e. The number of thiophene rings is 1. The third kappa shape index (κ3) is 3.55. The van der Waals surface area contributed by atoms with Crippen molar-refractivity contribution >= 4 is 39.1 Å². The van der Waals surface area contributed by atoms with E-state index in [2.05, 4.69) is 15.9 Å². The lowest BCUT2D eigenvalue weighted by molar-refractivity contribution is -0.138. The van der Waals surface area contributed by atoms with Crippen LogP contribution in [0.5, 0.6) is 0 Å². The number of rotatable bonds is 3. The monoisotopic (exact) mass is 346 g/mol. The highest BCUT2D eigenvalue weighted by Crippen LogP contribution is 2.28. The maximum atomic E-state index is 12.3. The lowest BCUT2D eigenvalue weighted by Crippen LogP contribution is -2.49. The van der Waals surface area contributed by atoms with Crippen molar-refractivity contribution in [3.05, 3.63) is 20.3 Å². The molecule has 1 amide bonds. The van der Waals surface area contributed by atoms with Crippen LogP contribution in [0.3, 0.4) is 0 Å². The van der Waals surface area contributed by atoms with Crippen molar-refractivity contribution in [1.82, 2.24) is 9.80 Å². The largest absolute Gasteiger partial charge is 0.480 e. The van der Waals surface area contributed by atoms with E-state index in [9.17, 15) is 9.59 Å². The normalized spacial score (nSPS) is 16.6. The van der Waals surface area contributed by atoms with Crippen LogP contribution in [0.4, 0.5) is 0 Å². The van der Waals surface area contributed by atoms with Gasteiger partial charge in [0.2, 0.25) is 0 Å². The van der Waals surface area contributed by atoms with Crippen LogP contribution >= 0.6 is 27.3 Å². The number of halogens is 1. The molecule has 104 valence electrons. The summed E-state index contributed by atoms with van der Waals surface area (Å²) in [5.74, 6) is -0.786. The molecule has 5 nitrogen and oxygen atoms in total. The molecule has 1 aromatic heterocycles. The van der Waals surface area contributed by atoms with Crippen molar-refractivity contribution in [2.75, 3.05) is 32.7 Å². The van der Waals surface area contributed by atoms with E-state index in [-0.39, 0.29) is 12.5 Å². The van der Waals surface area contributed by atoms with Gasteiger partial charge >= 0.3 is 5.97 Å². The first kappa shape index (κ1) is 14.5. The summed E-state index contributed by atoms with van der Waals surface area (Å²) in [6, 6.07) is 1.89. The second-order valence-electron chi connectivity index (χ2n) is 4.53. The zero-order valence-corrected chi connectivity index (χ0v) is 13.0. The van der Waals surface area contributed by atoms with Crippen molar-refractivity contribution in [2.24, 2.45) is 0 Å². The first-order chi connectivity index (χ1) is 8.97. The molecule has 1 saturated heterocycles. The number of hydrogen-bond acceptors (Lipinski definition) is 4. The number of hydrogen-bond donors (Lipinski definition) is 1. The van der Waals surface area contributed by atoms with Gasteiger partial charge in [0.25, 0.3) is 5.91 Å². The summed E-state index contributed by atoms with van der Waals surface area (Å²) in [4.78, 5) is 27.3. The van der Waals surface area contributed by atoms with Crippen molar-refractivity contribution in [3.8, 4) is 0 Å². The maximum absolute atomic E-state index is 12.3. The lowest BCUT2D eigenvalue weighted by Gasteiger charge is -2.33. The van der Waals surface area contributed by atoms with Crippen LogP contribution in [-0.2, 0) is 4.79 Å². The number of nitrogens with zero attached hydrogens (tertiary/aromatic N) is 2. The molecule has 0 radical (unpaired) electrons. The maximum Gasteiger partial charge on any atom is 0.317 e. The molecule has 1 aliphatic rings. The first-order valence-corrected chi connectivity index (χ1v) is 7.57. The Hall–Kier alpha value is -0.920. The molecular weight excluding hydrogens is 332 g/mol. The Morgan fingerprint density at radius 1 is 1.37 bits per heavy atom. The SMILES string of the molecule is Cc1cc(C(=O)N2CCN(CC(=O)O)CC2)sc1Br. The molecule has 1 fully saturated rings. The van der Waals surface area contributed by atoms with Gasteiger partial charge in [-0.05, 0) is 34.5 Å². The van der Waals surface area contributed by atoms with Crippen LogP contribution in [0.25, 0.3) is 0 Å². The summed E-state index contributed by atoms with van der Waals surface area (Å²) >= 11 is 4.86. The van der Waals surface area contributed by atoms with Crippen LogP contribution in [0.1, 0.15) is 15.2 Å². The number of carboxylic acids is 1. The van der Waals surface area contributed by atoms with Crippen molar-refractivity contribution in [3.63, 3.8) is 0 Å². The van der Waals surface area contributed by atoms with Gasteiger partial charge in [0.05, 0.1) is 15.2 Å². The van der Waals surface area contributed by atoms with Crippen molar-refractivity contribution in [2.45, 2.75) is 6.92 Å². The van der Waals surface area contributed by atoms with E-state index in [1.807, 2.05) is 17.9 Å². The minimum atomic E-state index is -0.822. The highest BCUT2D eigenvalue weighted by Gasteiger charge is 2.24. The Morgan fingerprint density at radius 3 is 2.47 bits per heavy atom. The molecule has 1 aliphatic heterocycles. The molecule has 1 N–H and O–H groups in total. The van der Waals surface area contributed by atoms with E-state index >= 15 is 0 Å². The zero-order valence-electron chi connectivity index (χ0n) is 10.6. The number of piperazine rings is 1. The Kier molecular flexibility index (Phi) is 4.59. The molecule has 0 aromatic carbocycles. The third-order valence-corrected chi connectivity index (χ3v) is 5.21. The van der Waals surface area contributed by atoms with Crippen LogP contribution in [0, 0.1) is 6.92 Å². The average Bonchev–Trinajstić information content (AvgIpc) is 2.69. The molecule has 1 aromatic rings. The molecular formula is C12H15BrN2O3S. The molecule has 0 aliphatic carbocycles. The third-order valence-electron chi connectivity index (χ3n) is 3.09. The average molecular weight is 347 g/mol. The molecule has 19 heavy (non-hydrogen) atoms. The zero-order chi connectivity index (χ0) is 14.0. The molecule has 2 heterocycles. The summed E-state index contributed by atoms with van der Waals surface area (Å²) < 4.78 is 0.986. The molecule has 0 bridgehead atoms. The quantitative estimate of drug-likeness (QED) is 0.904. The first-order valence-electron chi connectivity index (χ1n) is 5.96. The van der Waals surface area contributed by atoms with Gasteiger partial charge in [0.1, 0.15) is 0 Å². The molecule has 7 heteroatoms. The van der Waals surface area contributed by atoms with Gasteiger partial charge in [-0.1, -0.05) is 0 Å². The molecule has 0 unspecified atom stereocenters. The molecule has 0 atom stereocenters. The summed E-state index contributed by atoms with van der Waals surface area (Å²) in [5.41, 5.74) is 1.07. The summed E-state index contributed by atoms with van der Waals surface area (Å²) in [6.07, 6.45) is 0. The van der Waals surface area contributed by atoms with Crippen LogP contribution in [-0.4, -0.2) is 59.5 Å². The Balaban J connectivity index is 1.94. The van der Waals surface area contributed by atoms with E-state index < -0.39 is 5.97 Å². The fourth-order valence-electron chi connectivity index (χ4n) is 2.02. The van der Waals surface area contributed by atoms with Gasteiger partial charge in [-0.3, -0.25) is 14.5 Å². The number of amides is 1. The predicted molar refractivity (Wildman–Crippen MR) is 76.7 cm³/mol. The predicted octanol–water partition coefficient (Wildman–Crippen LogP) is 1.66. The second kappa shape index (κ2) is 6.02. The summed E-state index contributed by atoms with van der Waals surface area (Å²) in [5, 5.41) is 8.73. The Labute approximate surface area is 123 Å². The van der Waals surface area contributed by atoms with Gasteiger partial charge in [-0.15, -0.1) is 11.3 Å². The van der Waals surface area contributed by atoms with Gasteiger partial charge in [0, 0.05) is 26.2 Å². The van der Waals surface area contributed by atoms with E-state index in [4.69, 9.17) is 5.11 Å². The van der Waals surface area contributed by atoms with Crippen LogP contribution in [0.2, 0.25) is 0 Å². The van der Waals surface area contributed by atoms with Gasteiger partial charge in [0.15, 0.2) is 0 Å². The van der Waals surface area contributed by atoms with E-state index in [1.165, 1.54) is 11.3 Å². The number of aryl methyl sites for hydroxylation is 1. The lowest BCUT2D eigenvalue weighted by atomic mass is 10.2. The topological polar surface area (TPSA) is 60.9 Å². The van der Waals surface area contributed by atoms with E-state index in [0.29, 0.717) is 26.2 Å². The number of carbonyl (C=O) groups excluding carboxylic acids is 1. The molecule has 2 rings (SSSR count). The van der Waals surface area contributed by atoms with Crippen molar-refractivity contribution in [1.29, 1.82) is 0 Å². The molecule has 0 spiro atoms. The van der Waals surface area contributed by atoms with E-state index in [1.54, 1.807) is 4.90 Å². The number of aliphatic carboxylic acids is 1. The van der Waals surface area contributed by atoms with Gasteiger partial charge in [-0.25, -0.2) is 0 Å². The fourth-order valence-corrected chi connectivity index (χ4v) is 3.52.